The van der Waals surface area contributed by atoms with Crippen molar-refractivity contribution >= 4 is 11.6 Å². The van der Waals surface area contributed by atoms with Gasteiger partial charge in [-0.25, -0.2) is 4.99 Å². The Kier molecular flexibility index (Phi) is 7.79. The minimum Gasteiger partial charge on any atom is -0.359 e. The van der Waals surface area contributed by atoms with Gasteiger partial charge in [0.2, 0.25) is 0 Å². The molecule has 8 heteroatoms. The smallest absolute Gasteiger partial charge is 0.269 e. The highest BCUT2D eigenvalue weighted by Crippen LogP contribution is 2.22. The van der Waals surface area contributed by atoms with Crippen molar-refractivity contribution in [1.29, 1.82) is 0 Å². The van der Waals surface area contributed by atoms with E-state index >= 15 is 0 Å². The highest BCUT2D eigenvalue weighted by molar-refractivity contribution is 5.79. The molecule has 0 fully saturated rings. The van der Waals surface area contributed by atoms with Crippen LogP contribution in [0.4, 0.5) is 5.69 Å². The number of non-ortho nitro benzene ring substituents is 1. The maximum Gasteiger partial charge on any atom is 0.269 e. The van der Waals surface area contributed by atoms with Crippen LogP contribution in [-0.4, -0.2) is 22.6 Å². The summed E-state index contributed by atoms with van der Waals surface area (Å²) >= 11 is 0. The number of rotatable bonds is 9. The molecule has 0 aliphatic heterocycles. The SMILES string of the molecule is CCNC(=NCc1ccc([N+](=O)[O-])cc1)NCc1cc(C(CC)CC)no1. The summed E-state index contributed by atoms with van der Waals surface area (Å²) in [4.78, 5) is 14.8. The number of hydrogen-bond acceptors (Lipinski definition) is 5. The Morgan fingerprint density at radius 2 is 1.93 bits per heavy atom. The first-order chi connectivity index (χ1) is 13.1. The van der Waals surface area contributed by atoms with Gasteiger partial charge >= 0.3 is 0 Å². The van der Waals surface area contributed by atoms with Gasteiger partial charge in [-0.05, 0) is 25.3 Å². The van der Waals surface area contributed by atoms with Crippen molar-refractivity contribution in [3.05, 3.63) is 57.5 Å². The second-order valence-corrected chi connectivity index (χ2v) is 6.20. The zero-order valence-corrected chi connectivity index (χ0v) is 16.1. The Morgan fingerprint density at radius 1 is 1.22 bits per heavy atom. The number of aliphatic imine (C=N–C) groups is 1. The van der Waals surface area contributed by atoms with E-state index in [0.717, 1.165) is 36.4 Å². The third-order valence-corrected chi connectivity index (χ3v) is 4.32. The summed E-state index contributed by atoms with van der Waals surface area (Å²) in [6.45, 7) is 7.91. The fourth-order valence-corrected chi connectivity index (χ4v) is 2.72. The zero-order chi connectivity index (χ0) is 19.6. The lowest BCUT2D eigenvalue weighted by Crippen LogP contribution is -2.36. The molecule has 8 nitrogen and oxygen atoms in total. The van der Waals surface area contributed by atoms with Crippen LogP contribution in [0.15, 0.2) is 39.8 Å². The van der Waals surface area contributed by atoms with Gasteiger partial charge in [0.05, 0.1) is 23.7 Å². The lowest BCUT2D eigenvalue weighted by atomic mass is 9.99. The molecular formula is C19H27N5O3. The predicted molar refractivity (Wildman–Crippen MR) is 105 cm³/mol. The number of nitrogens with zero attached hydrogens (tertiary/aromatic N) is 3. The van der Waals surface area contributed by atoms with Gasteiger partial charge in [-0.2, -0.15) is 0 Å². The van der Waals surface area contributed by atoms with Gasteiger partial charge in [0.15, 0.2) is 11.7 Å². The van der Waals surface area contributed by atoms with Crippen LogP contribution in [0.1, 0.15) is 56.5 Å². The van der Waals surface area contributed by atoms with Crippen molar-refractivity contribution in [2.45, 2.75) is 52.6 Å². The van der Waals surface area contributed by atoms with Gasteiger partial charge in [-0.3, -0.25) is 10.1 Å². The summed E-state index contributed by atoms with van der Waals surface area (Å²) in [5, 5.41) is 21.3. The summed E-state index contributed by atoms with van der Waals surface area (Å²) in [7, 11) is 0. The van der Waals surface area contributed by atoms with E-state index in [9.17, 15) is 10.1 Å². The Balaban J connectivity index is 1.96. The lowest BCUT2D eigenvalue weighted by molar-refractivity contribution is -0.384. The second kappa shape index (κ2) is 10.3. The maximum atomic E-state index is 10.7. The predicted octanol–water partition coefficient (Wildman–Crippen LogP) is 3.74. The summed E-state index contributed by atoms with van der Waals surface area (Å²) in [6, 6.07) is 8.38. The van der Waals surface area contributed by atoms with Crippen LogP contribution >= 0.6 is 0 Å². The molecule has 0 aliphatic carbocycles. The third-order valence-electron chi connectivity index (χ3n) is 4.32. The summed E-state index contributed by atoms with van der Waals surface area (Å²) in [5.74, 6) is 1.83. The van der Waals surface area contributed by atoms with E-state index in [4.69, 9.17) is 4.52 Å². The van der Waals surface area contributed by atoms with Crippen molar-refractivity contribution in [2.24, 2.45) is 4.99 Å². The molecule has 1 aromatic heterocycles. The molecule has 2 aromatic rings. The molecule has 0 saturated heterocycles. The molecule has 2 N–H and O–H groups in total. The van der Waals surface area contributed by atoms with E-state index in [2.05, 4.69) is 34.6 Å². The highest BCUT2D eigenvalue weighted by atomic mass is 16.6. The first kappa shape index (κ1) is 20.4. The van der Waals surface area contributed by atoms with Crippen molar-refractivity contribution in [3.8, 4) is 0 Å². The van der Waals surface area contributed by atoms with E-state index in [1.54, 1.807) is 12.1 Å². The molecule has 0 aliphatic rings. The molecule has 2 rings (SSSR count). The topological polar surface area (TPSA) is 106 Å². The normalized spacial score (nSPS) is 11.6. The lowest BCUT2D eigenvalue weighted by Gasteiger charge is -2.10. The fourth-order valence-electron chi connectivity index (χ4n) is 2.72. The summed E-state index contributed by atoms with van der Waals surface area (Å²) in [5.41, 5.74) is 1.96. The zero-order valence-electron chi connectivity index (χ0n) is 16.1. The van der Waals surface area contributed by atoms with Crippen LogP contribution in [-0.2, 0) is 13.1 Å². The second-order valence-electron chi connectivity index (χ2n) is 6.20. The van der Waals surface area contributed by atoms with E-state index in [1.165, 1.54) is 12.1 Å². The molecular weight excluding hydrogens is 346 g/mol. The molecule has 1 aromatic carbocycles. The van der Waals surface area contributed by atoms with Crippen LogP contribution in [0.25, 0.3) is 0 Å². The number of hydrogen-bond donors (Lipinski definition) is 2. The average molecular weight is 373 g/mol. The molecule has 146 valence electrons. The van der Waals surface area contributed by atoms with Crippen molar-refractivity contribution in [2.75, 3.05) is 6.54 Å². The first-order valence-corrected chi connectivity index (χ1v) is 9.28. The number of benzene rings is 1. The van der Waals surface area contributed by atoms with Crippen LogP contribution in [0, 0.1) is 10.1 Å². The molecule has 1 heterocycles. The van der Waals surface area contributed by atoms with Crippen molar-refractivity contribution in [1.82, 2.24) is 15.8 Å². The molecule has 0 radical (unpaired) electrons. The van der Waals surface area contributed by atoms with E-state index in [1.807, 2.05) is 13.0 Å². The number of nitro groups is 1. The van der Waals surface area contributed by atoms with Crippen molar-refractivity contribution in [3.63, 3.8) is 0 Å². The Hall–Kier alpha value is -2.90. The fraction of sp³-hybridized carbons (Fsp3) is 0.474. The maximum absolute atomic E-state index is 10.7. The van der Waals surface area contributed by atoms with Gasteiger partial charge in [0.25, 0.3) is 5.69 Å². The van der Waals surface area contributed by atoms with Crippen LogP contribution < -0.4 is 10.6 Å². The summed E-state index contributed by atoms with van der Waals surface area (Å²) in [6.07, 6.45) is 2.07. The standard InChI is InChI=1S/C19H27N5O3/c1-4-15(5-2)18-11-17(27-23-18)13-22-19(20-6-3)21-12-14-7-9-16(10-8-14)24(25)26/h7-11,15H,4-6,12-13H2,1-3H3,(H2,20,21,22). The van der Waals surface area contributed by atoms with Gasteiger partial charge in [0, 0.05) is 30.7 Å². The van der Waals surface area contributed by atoms with E-state index in [0.29, 0.717) is 25.0 Å². The Bertz CT molecular complexity index is 751. The van der Waals surface area contributed by atoms with E-state index < -0.39 is 4.92 Å². The Labute approximate surface area is 159 Å². The van der Waals surface area contributed by atoms with Crippen LogP contribution in [0.3, 0.4) is 0 Å². The Morgan fingerprint density at radius 3 is 2.52 bits per heavy atom. The minimum atomic E-state index is -0.411. The minimum absolute atomic E-state index is 0.0753. The highest BCUT2D eigenvalue weighted by Gasteiger charge is 2.13. The number of guanidine groups is 1. The molecule has 0 unspecified atom stereocenters. The third kappa shape index (κ3) is 6.09. The molecule has 0 atom stereocenters. The van der Waals surface area contributed by atoms with Crippen LogP contribution in [0.5, 0.6) is 0 Å². The van der Waals surface area contributed by atoms with Gasteiger partial charge in [-0.15, -0.1) is 0 Å². The number of nitro benzene ring substituents is 1. The molecule has 0 bridgehead atoms. The largest absolute Gasteiger partial charge is 0.359 e. The van der Waals surface area contributed by atoms with Gasteiger partial charge in [0.1, 0.15) is 0 Å². The molecule has 0 saturated carbocycles. The van der Waals surface area contributed by atoms with Gasteiger partial charge in [-0.1, -0.05) is 31.1 Å². The number of nitrogens with one attached hydrogen (secondary N) is 2. The molecule has 27 heavy (non-hydrogen) atoms. The van der Waals surface area contributed by atoms with Crippen molar-refractivity contribution < 1.29 is 9.45 Å². The van der Waals surface area contributed by atoms with Gasteiger partial charge < -0.3 is 15.2 Å². The van der Waals surface area contributed by atoms with E-state index in [-0.39, 0.29) is 5.69 Å². The van der Waals surface area contributed by atoms with Crippen LogP contribution in [0.2, 0.25) is 0 Å². The summed E-state index contributed by atoms with van der Waals surface area (Å²) < 4.78 is 5.42. The monoisotopic (exact) mass is 373 g/mol. The molecule has 0 spiro atoms. The average Bonchev–Trinajstić information content (AvgIpc) is 3.14. The quantitative estimate of drug-likeness (QED) is 0.300. The molecule has 0 amide bonds. The first-order valence-electron chi connectivity index (χ1n) is 9.28. The number of aromatic nitrogens is 1.